The smallest absolute Gasteiger partial charge is 0.251 e. The Morgan fingerprint density at radius 1 is 1.35 bits per heavy atom. The van der Waals surface area contributed by atoms with Crippen LogP contribution in [-0.4, -0.2) is 62.0 Å². The summed E-state index contributed by atoms with van der Waals surface area (Å²) in [4.78, 5) is 16.7. The summed E-state index contributed by atoms with van der Waals surface area (Å²) in [5.74, 6) is -0.0710. The third-order valence-electron chi connectivity index (χ3n) is 3.57. The Bertz CT molecular complexity index is 472. The number of nitrogens with zero attached hydrogens (tertiary/aromatic N) is 2. The molecule has 0 aliphatic carbocycles. The monoisotopic (exact) mass is 340 g/mol. The number of piperazine rings is 1. The fourth-order valence-corrected chi connectivity index (χ4v) is 2.43. The van der Waals surface area contributed by atoms with E-state index in [9.17, 15) is 4.79 Å². The molecular weight excluding hydrogens is 320 g/mol. The number of amides is 1. The molecule has 1 aliphatic rings. The van der Waals surface area contributed by atoms with Crippen molar-refractivity contribution >= 4 is 27.5 Å². The van der Waals surface area contributed by atoms with E-state index >= 15 is 0 Å². The quantitative estimate of drug-likeness (QED) is 0.803. The predicted octanol–water partition coefficient (Wildman–Crippen LogP) is 1.01. The molecule has 0 bridgehead atoms. The molecule has 1 amide bonds. The standard InChI is InChI=1S/C14H21BrN4O/c1-18-6-8-19(9-7-18)5-4-17-14(20)11-2-3-12(15)13(16)10-11/h2-3,10H,4-9,16H2,1H3,(H,17,20). The van der Waals surface area contributed by atoms with Gasteiger partial charge in [-0.1, -0.05) is 0 Å². The maximum absolute atomic E-state index is 12.0. The second-order valence-corrected chi connectivity index (χ2v) is 5.99. The summed E-state index contributed by atoms with van der Waals surface area (Å²) in [6.45, 7) is 5.88. The summed E-state index contributed by atoms with van der Waals surface area (Å²) in [5.41, 5.74) is 6.96. The summed E-state index contributed by atoms with van der Waals surface area (Å²) >= 11 is 3.32. The topological polar surface area (TPSA) is 61.6 Å². The van der Waals surface area contributed by atoms with Gasteiger partial charge in [0.05, 0.1) is 0 Å². The SMILES string of the molecule is CN1CCN(CCNC(=O)c2ccc(Br)c(N)c2)CC1. The molecular formula is C14H21BrN4O. The van der Waals surface area contributed by atoms with E-state index in [0.717, 1.165) is 37.2 Å². The number of carbonyl (C=O) groups excluding carboxylic acids is 1. The molecule has 3 N–H and O–H groups in total. The molecule has 1 saturated heterocycles. The Hall–Kier alpha value is -1.11. The second kappa shape index (κ2) is 7.06. The largest absolute Gasteiger partial charge is 0.398 e. The van der Waals surface area contributed by atoms with E-state index < -0.39 is 0 Å². The minimum absolute atomic E-state index is 0.0710. The molecule has 2 rings (SSSR count). The molecule has 1 heterocycles. The number of halogens is 1. The Morgan fingerprint density at radius 3 is 2.70 bits per heavy atom. The van der Waals surface area contributed by atoms with E-state index in [1.54, 1.807) is 18.2 Å². The lowest BCUT2D eigenvalue weighted by Crippen LogP contribution is -2.46. The maximum atomic E-state index is 12.0. The van der Waals surface area contributed by atoms with Crippen molar-refractivity contribution in [2.45, 2.75) is 0 Å². The number of anilines is 1. The van der Waals surface area contributed by atoms with Crippen molar-refractivity contribution in [3.63, 3.8) is 0 Å². The van der Waals surface area contributed by atoms with Gasteiger partial charge in [0.2, 0.25) is 0 Å². The lowest BCUT2D eigenvalue weighted by Gasteiger charge is -2.32. The first-order valence-electron chi connectivity index (χ1n) is 6.80. The Morgan fingerprint density at radius 2 is 2.05 bits per heavy atom. The van der Waals surface area contributed by atoms with Gasteiger partial charge in [0.25, 0.3) is 5.91 Å². The van der Waals surface area contributed by atoms with Gasteiger partial charge >= 0.3 is 0 Å². The van der Waals surface area contributed by atoms with E-state index in [2.05, 4.69) is 38.1 Å². The van der Waals surface area contributed by atoms with Crippen LogP contribution >= 0.6 is 15.9 Å². The van der Waals surface area contributed by atoms with Gasteiger partial charge in [-0.05, 0) is 41.2 Å². The van der Waals surface area contributed by atoms with Gasteiger partial charge in [-0.2, -0.15) is 0 Å². The van der Waals surface area contributed by atoms with Crippen LogP contribution in [0.3, 0.4) is 0 Å². The first-order chi connectivity index (χ1) is 9.56. The van der Waals surface area contributed by atoms with Crippen LogP contribution in [0.25, 0.3) is 0 Å². The molecule has 1 fully saturated rings. The number of nitrogens with two attached hydrogens (primary N) is 1. The summed E-state index contributed by atoms with van der Waals surface area (Å²) in [6.07, 6.45) is 0. The zero-order valence-electron chi connectivity index (χ0n) is 11.7. The van der Waals surface area contributed by atoms with Gasteiger partial charge in [-0.15, -0.1) is 0 Å². The van der Waals surface area contributed by atoms with E-state index in [1.165, 1.54) is 0 Å². The zero-order chi connectivity index (χ0) is 14.5. The molecule has 5 nitrogen and oxygen atoms in total. The van der Waals surface area contributed by atoms with Crippen molar-refractivity contribution in [2.75, 3.05) is 52.0 Å². The first kappa shape index (κ1) is 15.3. The fourth-order valence-electron chi connectivity index (χ4n) is 2.19. The molecule has 0 radical (unpaired) electrons. The molecule has 0 spiro atoms. The van der Waals surface area contributed by atoms with Crippen LogP contribution in [0.2, 0.25) is 0 Å². The molecule has 1 aromatic carbocycles. The van der Waals surface area contributed by atoms with Crippen molar-refractivity contribution < 1.29 is 4.79 Å². The van der Waals surface area contributed by atoms with Gasteiger partial charge in [0, 0.05) is 55.0 Å². The minimum Gasteiger partial charge on any atom is -0.398 e. The van der Waals surface area contributed by atoms with Crippen LogP contribution in [0, 0.1) is 0 Å². The molecule has 6 heteroatoms. The van der Waals surface area contributed by atoms with Crippen molar-refractivity contribution in [3.8, 4) is 0 Å². The van der Waals surface area contributed by atoms with Crippen molar-refractivity contribution in [1.29, 1.82) is 0 Å². The number of hydrogen-bond donors (Lipinski definition) is 2. The molecule has 110 valence electrons. The van der Waals surface area contributed by atoms with Crippen LogP contribution in [0.5, 0.6) is 0 Å². The number of nitrogen functional groups attached to an aromatic ring is 1. The Kier molecular flexibility index (Phi) is 5.39. The van der Waals surface area contributed by atoms with E-state index in [1.807, 2.05) is 0 Å². The van der Waals surface area contributed by atoms with Gasteiger partial charge in [0.15, 0.2) is 0 Å². The van der Waals surface area contributed by atoms with Crippen molar-refractivity contribution in [3.05, 3.63) is 28.2 Å². The maximum Gasteiger partial charge on any atom is 0.251 e. The van der Waals surface area contributed by atoms with Crippen LogP contribution in [-0.2, 0) is 0 Å². The molecule has 0 atom stereocenters. The first-order valence-corrected chi connectivity index (χ1v) is 7.59. The highest BCUT2D eigenvalue weighted by atomic mass is 79.9. The summed E-state index contributed by atoms with van der Waals surface area (Å²) in [5, 5.41) is 2.94. The number of likely N-dealkylation sites (N-methyl/N-ethyl adjacent to an activating group) is 1. The summed E-state index contributed by atoms with van der Waals surface area (Å²) in [7, 11) is 2.14. The predicted molar refractivity (Wildman–Crippen MR) is 84.8 cm³/mol. The van der Waals surface area contributed by atoms with E-state index in [4.69, 9.17) is 5.73 Å². The third kappa shape index (κ3) is 4.19. The lowest BCUT2D eigenvalue weighted by atomic mass is 10.2. The fraction of sp³-hybridized carbons (Fsp3) is 0.500. The normalized spacial score (nSPS) is 17.1. The Labute approximate surface area is 128 Å². The van der Waals surface area contributed by atoms with Gasteiger partial charge in [-0.25, -0.2) is 0 Å². The van der Waals surface area contributed by atoms with Crippen molar-refractivity contribution in [1.82, 2.24) is 15.1 Å². The van der Waals surface area contributed by atoms with Crippen LogP contribution in [0.1, 0.15) is 10.4 Å². The summed E-state index contributed by atoms with van der Waals surface area (Å²) in [6, 6.07) is 5.26. The van der Waals surface area contributed by atoms with Gasteiger partial charge < -0.3 is 16.0 Å². The van der Waals surface area contributed by atoms with Crippen LogP contribution in [0.4, 0.5) is 5.69 Å². The third-order valence-corrected chi connectivity index (χ3v) is 4.29. The van der Waals surface area contributed by atoms with Crippen LogP contribution in [0.15, 0.2) is 22.7 Å². The van der Waals surface area contributed by atoms with E-state index in [0.29, 0.717) is 17.8 Å². The lowest BCUT2D eigenvalue weighted by molar-refractivity contribution is 0.0941. The van der Waals surface area contributed by atoms with E-state index in [-0.39, 0.29) is 5.91 Å². The number of benzene rings is 1. The van der Waals surface area contributed by atoms with Crippen LogP contribution < -0.4 is 11.1 Å². The molecule has 1 aliphatic heterocycles. The molecule has 0 aromatic heterocycles. The molecule has 20 heavy (non-hydrogen) atoms. The van der Waals surface area contributed by atoms with Crippen molar-refractivity contribution in [2.24, 2.45) is 0 Å². The highest BCUT2D eigenvalue weighted by Crippen LogP contribution is 2.20. The van der Waals surface area contributed by atoms with Gasteiger partial charge in [0.1, 0.15) is 0 Å². The minimum atomic E-state index is -0.0710. The van der Waals surface area contributed by atoms with Gasteiger partial charge in [-0.3, -0.25) is 9.69 Å². The summed E-state index contributed by atoms with van der Waals surface area (Å²) < 4.78 is 0.812. The number of carbonyl (C=O) groups is 1. The number of rotatable bonds is 4. The average Bonchev–Trinajstić information content (AvgIpc) is 2.44. The molecule has 0 saturated carbocycles. The highest BCUT2D eigenvalue weighted by molar-refractivity contribution is 9.10. The second-order valence-electron chi connectivity index (χ2n) is 5.14. The average molecular weight is 341 g/mol. The number of nitrogens with one attached hydrogen (secondary N) is 1. The number of hydrogen-bond acceptors (Lipinski definition) is 4. The molecule has 0 unspecified atom stereocenters. The zero-order valence-corrected chi connectivity index (χ0v) is 13.3. The Balaban J connectivity index is 1.76. The molecule has 1 aromatic rings. The highest BCUT2D eigenvalue weighted by Gasteiger charge is 2.13.